The Morgan fingerprint density at radius 2 is 1.14 bits per heavy atom. The number of fused-ring (bicyclic) bond motifs is 6. The summed E-state index contributed by atoms with van der Waals surface area (Å²) in [5.41, 5.74) is 6.53. The van der Waals surface area contributed by atoms with Crippen LogP contribution in [0.15, 0.2) is 58.5 Å². The van der Waals surface area contributed by atoms with Crippen molar-refractivity contribution in [2.45, 2.75) is 48.8 Å². The number of aliphatic imine (C=N–C) groups is 2. The maximum atomic E-state index is 12.9. The van der Waals surface area contributed by atoms with Crippen molar-refractivity contribution in [1.82, 2.24) is 0 Å². The number of carbonyl (C=O) groups excluding carboxylic acids is 2. The van der Waals surface area contributed by atoms with E-state index in [1.807, 2.05) is 36.4 Å². The summed E-state index contributed by atoms with van der Waals surface area (Å²) in [6, 6.07) is 16.4. The molecule has 2 aliphatic carbocycles. The Morgan fingerprint density at radius 1 is 0.690 bits per heavy atom. The van der Waals surface area contributed by atoms with Crippen molar-refractivity contribution in [3.8, 4) is 0 Å². The van der Waals surface area contributed by atoms with Gasteiger partial charge in [0.25, 0.3) is 0 Å². The zero-order chi connectivity index (χ0) is 19.5. The highest BCUT2D eigenvalue weighted by Gasteiger charge is 2.43. The van der Waals surface area contributed by atoms with Crippen LogP contribution in [-0.4, -0.2) is 34.3 Å². The summed E-state index contributed by atoms with van der Waals surface area (Å²) in [6.07, 6.45) is 2.49. The summed E-state index contributed by atoms with van der Waals surface area (Å²) in [5, 5.41) is 0. The molecule has 2 saturated carbocycles. The summed E-state index contributed by atoms with van der Waals surface area (Å²) in [4.78, 5) is 35.2. The molecule has 29 heavy (non-hydrogen) atoms. The highest BCUT2D eigenvalue weighted by atomic mass is 31.1. The third-order valence-electron chi connectivity index (χ3n) is 6.79. The van der Waals surface area contributed by atoms with Gasteiger partial charge in [0.2, 0.25) is 0 Å². The van der Waals surface area contributed by atoms with Crippen LogP contribution in [0.5, 0.6) is 0 Å². The third kappa shape index (κ3) is 2.77. The number of rotatable bonds is 2. The van der Waals surface area contributed by atoms with Crippen LogP contribution in [0.4, 0.5) is 11.4 Å². The highest BCUT2D eigenvalue weighted by Crippen LogP contribution is 2.50. The molecule has 4 nitrogen and oxygen atoms in total. The Hall–Kier alpha value is -2.45. The average Bonchev–Trinajstić information content (AvgIpc) is 3.25. The van der Waals surface area contributed by atoms with Crippen LogP contribution in [0.1, 0.15) is 48.6 Å². The average molecular weight is 400 g/mol. The molecule has 0 radical (unpaired) electrons. The van der Waals surface area contributed by atoms with E-state index in [-0.39, 0.29) is 34.7 Å². The third-order valence-corrected chi connectivity index (χ3v) is 8.71. The molecule has 2 aromatic rings. The van der Waals surface area contributed by atoms with Crippen LogP contribution in [0.25, 0.3) is 0 Å². The molecule has 2 aromatic carbocycles. The lowest BCUT2D eigenvalue weighted by Gasteiger charge is -2.33. The van der Waals surface area contributed by atoms with E-state index in [1.165, 1.54) is 11.1 Å². The van der Waals surface area contributed by atoms with Crippen molar-refractivity contribution < 1.29 is 9.59 Å². The lowest BCUT2D eigenvalue weighted by atomic mass is 9.82. The fourth-order valence-corrected chi connectivity index (χ4v) is 7.15. The molecule has 4 atom stereocenters. The van der Waals surface area contributed by atoms with Gasteiger partial charge >= 0.3 is 0 Å². The van der Waals surface area contributed by atoms with Crippen molar-refractivity contribution in [2.75, 3.05) is 0 Å². The first kappa shape index (κ1) is 17.4. The molecule has 0 N–H and O–H groups in total. The Balaban J connectivity index is 1.23. The van der Waals surface area contributed by atoms with Crippen LogP contribution in [0.2, 0.25) is 0 Å². The van der Waals surface area contributed by atoms with E-state index in [2.05, 4.69) is 12.1 Å². The second-order valence-corrected chi connectivity index (χ2v) is 10.2. The number of para-hydroxylation sites is 2. The minimum atomic E-state index is -0.0193. The Labute approximate surface area is 171 Å². The lowest BCUT2D eigenvalue weighted by molar-refractivity contribution is -0.118. The van der Waals surface area contributed by atoms with E-state index >= 15 is 0 Å². The van der Waals surface area contributed by atoms with Crippen molar-refractivity contribution >= 4 is 42.9 Å². The summed E-state index contributed by atoms with van der Waals surface area (Å²) in [7, 11) is 0.370. The van der Waals surface area contributed by atoms with E-state index in [4.69, 9.17) is 9.98 Å². The fraction of sp³-hybridized carbons (Fsp3) is 0.333. The van der Waals surface area contributed by atoms with Gasteiger partial charge < -0.3 is 0 Å². The number of benzene rings is 2. The number of hydrogen-bond acceptors (Lipinski definition) is 4. The monoisotopic (exact) mass is 400 g/mol. The van der Waals surface area contributed by atoms with Gasteiger partial charge in [-0.15, -0.1) is 8.58 Å². The number of hydrogen-bond donors (Lipinski definition) is 0. The number of nitrogens with zero attached hydrogens (tertiary/aromatic N) is 2. The molecule has 4 unspecified atom stereocenters. The summed E-state index contributed by atoms with van der Waals surface area (Å²) < 4.78 is 0. The van der Waals surface area contributed by atoms with E-state index in [9.17, 15) is 9.59 Å². The number of ketones is 2. The van der Waals surface area contributed by atoms with Gasteiger partial charge in [-0.05, 0) is 36.1 Å². The second kappa shape index (κ2) is 6.53. The Morgan fingerprint density at radius 3 is 1.62 bits per heavy atom. The molecular formula is C24H21N2O2P. The van der Waals surface area contributed by atoms with Crippen LogP contribution >= 0.6 is 8.58 Å². The van der Waals surface area contributed by atoms with Crippen LogP contribution in [0.3, 0.4) is 0 Å². The van der Waals surface area contributed by atoms with E-state index < -0.39 is 0 Å². The van der Waals surface area contributed by atoms with Crippen molar-refractivity contribution in [2.24, 2.45) is 9.98 Å². The predicted molar refractivity (Wildman–Crippen MR) is 117 cm³/mol. The maximum Gasteiger partial charge on any atom is 0.145 e. The summed E-state index contributed by atoms with van der Waals surface area (Å²) >= 11 is 0. The van der Waals surface area contributed by atoms with Gasteiger partial charge in [-0.3, -0.25) is 19.6 Å². The predicted octanol–water partition coefficient (Wildman–Crippen LogP) is 4.87. The number of carbonyl (C=O) groups is 2. The molecule has 6 rings (SSSR count). The molecule has 5 heteroatoms. The normalized spacial score (nSPS) is 29.9. The van der Waals surface area contributed by atoms with E-state index in [1.54, 1.807) is 0 Å². The molecule has 4 aliphatic rings. The molecular weight excluding hydrogens is 379 g/mol. The van der Waals surface area contributed by atoms with Crippen LogP contribution in [-0.2, 0) is 9.59 Å². The van der Waals surface area contributed by atoms with Crippen LogP contribution in [0, 0.1) is 0 Å². The minimum absolute atomic E-state index is 0.0193. The van der Waals surface area contributed by atoms with Crippen molar-refractivity contribution in [3.63, 3.8) is 0 Å². The zero-order valence-electron chi connectivity index (χ0n) is 16.0. The SMILES string of the molecule is O=C1CC2=Nc3ccccc3C2CC1PC1CC2C(=Nc3ccccc32)CC1=O. The maximum absolute atomic E-state index is 12.9. The van der Waals surface area contributed by atoms with Crippen LogP contribution < -0.4 is 0 Å². The standard InChI is InChI=1S/C24H21N2O2P/c27-21-11-19-15(13-5-1-3-7-17(13)25-19)9-23(21)29-24-10-16-14-6-2-4-8-18(14)26-20(16)12-22(24)28/h1-8,15-16,23-24,29H,9-12H2. The van der Waals surface area contributed by atoms with Gasteiger partial charge in [-0.25, -0.2) is 0 Å². The molecule has 2 heterocycles. The Kier molecular flexibility index (Phi) is 3.92. The lowest BCUT2D eigenvalue weighted by Crippen LogP contribution is -2.36. The minimum Gasteiger partial charge on any atom is -0.299 e. The number of Topliss-reactive ketones (excluding diaryl/α,β-unsaturated/α-hetero) is 2. The van der Waals surface area contributed by atoms with Gasteiger partial charge in [0.15, 0.2) is 0 Å². The first-order chi connectivity index (χ1) is 14.2. The molecule has 2 aliphatic heterocycles. The zero-order valence-corrected chi connectivity index (χ0v) is 17.0. The largest absolute Gasteiger partial charge is 0.299 e. The van der Waals surface area contributed by atoms with Crippen molar-refractivity contribution in [3.05, 3.63) is 59.7 Å². The topological polar surface area (TPSA) is 58.9 Å². The van der Waals surface area contributed by atoms with Gasteiger partial charge in [0.1, 0.15) is 11.6 Å². The molecule has 144 valence electrons. The molecule has 0 aromatic heterocycles. The highest BCUT2D eigenvalue weighted by molar-refractivity contribution is 7.42. The van der Waals surface area contributed by atoms with Gasteiger partial charge in [-0.2, -0.15) is 0 Å². The smallest absolute Gasteiger partial charge is 0.145 e. The summed E-state index contributed by atoms with van der Waals surface area (Å²) in [5.74, 6) is 1.05. The quantitative estimate of drug-likeness (QED) is 0.676. The van der Waals surface area contributed by atoms with E-state index in [0.29, 0.717) is 21.4 Å². The molecule has 0 spiro atoms. The summed E-state index contributed by atoms with van der Waals surface area (Å²) in [6.45, 7) is 0. The van der Waals surface area contributed by atoms with Crippen molar-refractivity contribution in [1.29, 1.82) is 0 Å². The van der Waals surface area contributed by atoms with Gasteiger partial charge in [-0.1, -0.05) is 36.4 Å². The first-order valence-corrected chi connectivity index (χ1v) is 11.5. The van der Waals surface area contributed by atoms with Gasteiger partial charge in [0.05, 0.1) is 11.4 Å². The fourth-order valence-electron chi connectivity index (χ4n) is 5.35. The Bertz CT molecular complexity index is 1030. The molecule has 0 amide bonds. The molecule has 0 saturated heterocycles. The first-order valence-electron chi connectivity index (χ1n) is 10.3. The van der Waals surface area contributed by atoms with Gasteiger partial charge in [0, 0.05) is 47.4 Å². The van der Waals surface area contributed by atoms with E-state index in [0.717, 1.165) is 35.6 Å². The second-order valence-electron chi connectivity index (χ2n) is 8.46. The molecule has 2 fully saturated rings. The molecule has 0 bridgehead atoms.